The molecule has 114 valence electrons. The van der Waals surface area contributed by atoms with Gasteiger partial charge in [-0.25, -0.2) is 0 Å². The maximum absolute atomic E-state index is 12.3. The van der Waals surface area contributed by atoms with Crippen LogP contribution in [0.15, 0.2) is 29.4 Å². The van der Waals surface area contributed by atoms with Crippen molar-refractivity contribution in [2.24, 2.45) is 22.7 Å². The summed E-state index contributed by atoms with van der Waals surface area (Å²) in [5.41, 5.74) is 6.62. The van der Waals surface area contributed by atoms with Gasteiger partial charge in [0.25, 0.3) is 5.91 Å². The van der Waals surface area contributed by atoms with Crippen LogP contribution in [0.1, 0.15) is 49.0 Å². The number of nitrogens with two attached hydrogens (primary N) is 1. The van der Waals surface area contributed by atoms with E-state index in [1.807, 2.05) is 0 Å². The lowest BCUT2D eigenvalue weighted by molar-refractivity contribution is 0.0899. The molecular formula is C16H23N3O2. The molecule has 0 aliphatic heterocycles. The Balaban J connectivity index is 2.07. The highest BCUT2D eigenvalue weighted by atomic mass is 16.4. The Bertz CT molecular complexity index is 542. The molecule has 0 saturated heterocycles. The zero-order chi connectivity index (χ0) is 15.4. The van der Waals surface area contributed by atoms with Gasteiger partial charge in [-0.2, -0.15) is 0 Å². The predicted molar refractivity (Wildman–Crippen MR) is 82.4 cm³/mol. The van der Waals surface area contributed by atoms with E-state index in [-0.39, 0.29) is 17.8 Å². The average Bonchev–Trinajstić information content (AvgIpc) is 2.49. The summed E-state index contributed by atoms with van der Waals surface area (Å²) >= 11 is 0. The van der Waals surface area contributed by atoms with Crippen molar-refractivity contribution in [2.75, 3.05) is 0 Å². The summed E-state index contributed by atoms with van der Waals surface area (Å²) in [4.78, 5) is 12.3. The molecule has 2 rings (SSSR count). The highest BCUT2D eigenvalue weighted by molar-refractivity contribution is 6.01. The van der Waals surface area contributed by atoms with E-state index in [1.165, 1.54) is 0 Å². The van der Waals surface area contributed by atoms with Gasteiger partial charge in [0.05, 0.1) is 0 Å². The molecule has 1 aromatic rings. The minimum Gasteiger partial charge on any atom is -0.409 e. The van der Waals surface area contributed by atoms with Crippen LogP contribution < -0.4 is 11.1 Å². The second-order valence-corrected chi connectivity index (χ2v) is 6.04. The zero-order valence-electron chi connectivity index (χ0n) is 12.5. The molecule has 0 bridgehead atoms. The Morgan fingerprint density at radius 3 is 2.71 bits per heavy atom. The van der Waals surface area contributed by atoms with E-state index in [1.54, 1.807) is 24.3 Å². The van der Waals surface area contributed by atoms with Gasteiger partial charge in [0.15, 0.2) is 5.84 Å². The number of hydrogen-bond acceptors (Lipinski definition) is 3. The number of hydrogen-bond donors (Lipinski definition) is 3. The third kappa shape index (κ3) is 3.74. The summed E-state index contributed by atoms with van der Waals surface area (Å²) < 4.78 is 0. The summed E-state index contributed by atoms with van der Waals surface area (Å²) in [5.74, 6) is 1.13. The van der Waals surface area contributed by atoms with Crippen LogP contribution >= 0.6 is 0 Å². The molecule has 1 fully saturated rings. The molecule has 0 spiro atoms. The summed E-state index contributed by atoms with van der Waals surface area (Å²) in [6.07, 6.45) is 3.32. The first-order valence-electron chi connectivity index (χ1n) is 7.40. The zero-order valence-corrected chi connectivity index (χ0v) is 12.5. The van der Waals surface area contributed by atoms with Gasteiger partial charge in [0.1, 0.15) is 0 Å². The molecule has 1 aromatic carbocycles. The number of oxime groups is 1. The molecule has 5 nitrogen and oxygen atoms in total. The van der Waals surface area contributed by atoms with Crippen molar-refractivity contribution in [3.8, 4) is 0 Å². The highest BCUT2D eigenvalue weighted by Crippen LogP contribution is 2.28. The molecule has 5 heteroatoms. The number of amidine groups is 1. The first-order valence-corrected chi connectivity index (χ1v) is 7.40. The first-order chi connectivity index (χ1) is 10.0. The van der Waals surface area contributed by atoms with Crippen molar-refractivity contribution in [3.63, 3.8) is 0 Å². The van der Waals surface area contributed by atoms with Gasteiger partial charge in [0, 0.05) is 17.2 Å². The van der Waals surface area contributed by atoms with Crippen LogP contribution in [0.3, 0.4) is 0 Å². The van der Waals surface area contributed by atoms with Gasteiger partial charge < -0.3 is 16.3 Å². The smallest absolute Gasteiger partial charge is 0.251 e. The minimum absolute atomic E-state index is 0.00418. The molecule has 1 saturated carbocycles. The molecular weight excluding hydrogens is 266 g/mol. The molecule has 4 N–H and O–H groups in total. The Labute approximate surface area is 125 Å². The fourth-order valence-corrected chi connectivity index (χ4v) is 3.01. The summed E-state index contributed by atoms with van der Waals surface area (Å²) in [6, 6.07) is 7.03. The maximum atomic E-state index is 12.3. The van der Waals surface area contributed by atoms with E-state index in [0.29, 0.717) is 17.0 Å². The molecule has 0 aromatic heterocycles. The highest BCUT2D eigenvalue weighted by Gasteiger charge is 2.26. The molecule has 3 atom stereocenters. The van der Waals surface area contributed by atoms with Crippen molar-refractivity contribution in [2.45, 2.75) is 39.2 Å². The van der Waals surface area contributed by atoms with E-state index < -0.39 is 0 Å². The van der Waals surface area contributed by atoms with Crippen LogP contribution in [0, 0.1) is 11.8 Å². The molecule has 0 heterocycles. The van der Waals surface area contributed by atoms with Gasteiger partial charge >= 0.3 is 0 Å². The topological polar surface area (TPSA) is 87.7 Å². The molecule has 1 aliphatic rings. The van der Waals surface area contributed by atoms with E-state index in [9.17, 15) is 4.79 Å². The normalized spacial score (nSPS) is 26.4. The molecule has 3 unspecified atom stereocenters. The SMILES string of the molecule is CC1CCC(NC(=O)c2cccc(C(N)=NO)c2)C(C)C1. The van der Waals surface area contributed by atoms with Crippen molar-refractivity contribution in [1.82, 2.24) is 5.32 Å². The largest absolute Gasteiger partial charge is 0.409 e. The van der Waals surface area contributed by atoms with Crippen LogP contribution in [0.2, 0.25) is 0 Å². The van der Waals surface area contributed by atoms with E-state index in [2.05, 4.69) is 24.3 Å². The summed E-state index contributed by atoms with van der Waals surface area (Å²) in [7, 11) is 0. The third-order valence-electron chi connectivity index (χ3n) is 4.28. The number of nitrogens with zero attached hydrogens (tertiary/aromatic N) is 1. The Morgan fingerprint density at radius 2 is 2.05 bits per heavy atom. The predicted octanol–water partition coefficient (Wildman–Crippen LogP) is 2.34. The van der Waals surface area contributed by atoms with Crippen molar-refractivity contribution in [3.05, 3.63) is 35.4 Å². The van der Waals surface area contributed by atoms with Crippen molar-refractivity contribution < 1.29 is 10.0 Å². The Morgan fingerprint density at radius 1 is 1.33 bits per heavy atom. The number of amides is 1. The average molecular weight is 289 g/mol. The van der Waals surface area contributed by atoms with Crippen molar-refractivity contribution >= 4 is 11.7 Å². The van der Waals surface area contributed by atoms with Crippen LogP contribution in [-0.4, -0.2) is 23.0 Å². The fourth-order valence-electron chi connectivity index (χ4n) is 3.01. The first kappa shape index (κ1) is 15.4. The van der Waals surface area contributed by atoms with Gasteiger partial charge in [-0.15, -0.1) is 0 Å². The quantitative estimate of drug-likeness (QED) is 0.345. The molecule has 0 radical (unpaired) electrons. The molecule has 1 amide bonds. The lowest BCUT2D eigenvalue weighted by Gasteiger charge is -2.33. The minimum atomic E-state index is -0.103. The lowest BCUT2D eigenvalue weighted by atomic mass is 9.80. The van der Waals surface area contributed by atoms with Gasteiger partial charge in [-0.05, 0) is 43.2 Å². The standard InChI is InChI=1S/C16H23N3O2/c1-10-6-7-14(11(2)8-10)18-16(20)13-5-3-4-12(9-13)15(17)19-21/h3-5,9-11,14,21H,6-8H2,1-2H3,(H2,17,19)(H,18,20). The number of carbonyl (C=O) groups excluding carboxylic acids is 1. The molecule has 1 aliphatic carbocycles. The summed E-state index contributed by atoms with van der Waals surface area (Å²) in [5, 5.41) is 14.8. The van der Waals surface area contributed by atoms with Gasteiger partial charge in [0.2, 0.25) is 0 Å². The Hall–Kier alpha value is -2.04. The maximum Gasteiger partial charge on any atom is 0.251 e. The van der Waals surface area contributed by atoms with Crippen LogP contribution in [0.5, 0.6) is 0 Å². The number of rotatable bonds is 3. The number of nitrogens with one attached hydrogen (secondary N) is 1. The second kappa shape index (κ2) is 6.61. The van der Waals surface area contributed by atoms with Gasteiger partial charge in [-0.3, -0.25) is 4.79 Å². The van der Waals surface area contributed by atoms with E-state index in [0.717, 1.165) is 25.2 Å². The fraction of sp³-hybridized carbons (Fsp3) is 0.500. The monoisotopic (exact) mass is 289 g/mol. The van der Waals surface area contributed by atoms with Crippen LogP contribution in [0.4, 0.5) is 0 Å². The van der Waals surface area contributed by atoms with E-state index >= 15 is 0 Å². The van der Waals surface area contributed by atoms with Crippen LogP contribution in [0.25, 0.3) is 0 Å². The lowest BCUT2D eigenvalue weighted by Crippen LogP contribution is -2.42. The summed E-state index contributed by atoms with van der Waals surface area (Å²) in [6.45, 7) is 4.45. The van der Waals surface area contributed by atoms with Gasteiger partial charge in [-0.1, -0.05) is 31.1 Å². The van der Waals surface area contributed by atoms with Crippen LogP contribution in [-0.2, 0) is 0 Å². The van der Waals surface area contributed by atoms with E-state index in [4.69, 9.17) is 10.9 Å². The number of carbonyl (C=O) groups is 1. The second-order valence-electron chi connectivity index (χ2n) is 6.04. The Kier molecular flexibility index (Phi) is 4.83. The molecule has 21 heavy (non-hydrogen) atoms. The number of benzene rings is 1. The third-order valence-corrected chi connectivity index (χ3v) is 4.28. The van der Waals surface area contributed by atoms with Crippen molar-refractivity contribution in [1.29, 1.82) is 0 Å².